The Morgan fingerprint density at radius 3 is 1.00 bits per heavy atom. The van der Waals surface area contributed by atoms with E-state index < -0.39 is 6.16 Å². The third kappa shape index (κ3) is 61.4. The van der Waals surface area contributed by atoms with Crippen molar-refractivity contribution in [3.8, 4) is 0 Å². The summed E-state index contributed by atoms with van der Waals surface area (Å²) in [5.74, 6) is 0. The molecule has 0 aliphatic rings. The van der Waals surface area contributed by atoms with E-state index in [1.54, 1.807) is 0 Å². The van der Waals surface area contributed by atoms with Crippen molar-refractivity contribution in [2.24, 2.45) is 0 Å². The zero-order chi connectivity index (χ0) is 3.58. The standard InChI is InChI=1S/CH2O3.Hf.3Na.3H/c2-1(3)4;;;;;;;/h(H2,2,3,4);;;;;;;. The Morgan fingerprint density at radius 2 is 1.00 bits per heavy atom. The molecule has 0 rings (SSSR count). The molecule has 0 saturated carbocycles. The van der Waals surface area contributed by atoms with Crippen LogP contribution in [0.5, 0.6) is 0 Å². The van der Waals surface area contributed by atoms with Gasteiger partial charge >= 0.3 is 94.8 Å². The van der Waals surface area contributed by atoms with Crippen LogP contribution in [0.1, 0.15) is 0 Å². The number of carbonyl (C=O) groups is 1. The van der Waals surface area contributed by atoms with Crippen LogP contribution >= 0.6 is 0 Å². The molecule has 0 amide bonds. The van der Waals surface area contributed by atoms with Crippen LogP contribution in [-0.2, 0) is 25.8 Å². The summed E-state index contributed by atoms with van der Waals surface area (Å²) in [7, 11) is 0. The maximum absolute atomic E-state index is 8.56. The first kappa shape index (κ1) is 30.4. The van der Waals surface area contributed by atoms with E-state index in [1.807, 2.05) is 0 Å². The minimum atomic E-state index is -1.83. The summed E-state index contributed by atoms with van der Waals surface area (Å²) >= 11 is 0. The third-order valence-corrected chi connectivity index (χ3v) is 0. The molecule has 0 aliphatic carbocycles. The molecule has 0 bridgehead atoms. The number of hydrogen-bond donors (Lipinski definition) is 2. The molecule has 0 aromatic rings. The Hall–Kier alpha value is 3.14. The molecule has 0 fully saturated rings. The van der Waals surface area contributed by atoms with Gasteiger partial charge in [-0.3, -0.25) is 0 Å². The summed E-state index contributed by atoms with van der Waals surface area (Å²) in [5, 5.41) is 13.9. The van der Waals surface area contributed by atoms with Gasteiger partial charge in [0.05, 0.1) is 0 Å². The molecular formula is CH5HfNa3O3. The van der Waals surface area contributed by atoms with Crippen molar-refractivity contribution in [1.29, 1.82) is 0 Å². The second-order valence-electron chi connectivity index (χ2n) is 0.283. The fourth-order valence-electron chi connectivity index (χ4n) is 0. The SMILES string of the molecule is O=C(O)O.[Hf].[NaH].[NaH].[NaH]. The van der Waals surface area contributed by atoms with Gasteiger partial charge in [0.1, 0.15) is 0 Å². The minimum absolute atomic E-state index is 0. The first-order chi connectivity index (χ1) is 1.73. The zero-order valence-corrected chi connectivity index (χ0v) is 5.90. The molecular weight excluding hydrogens is 307 g/mol. The predicted molar refractivity (Wildman–Crippen MR) is 32.1 cm³/mol. The normalized spacial score (nSPS) is 3.00. The van der Waals surface area contributed by atoms with Crippen molar-refractivity contribution in [2.75, 3.05) is 0 Å². The van der Waals surface area contributed by atoms with Crippen molar-refractivity contribution in [3.63, 3.8) is 0 Å². The summed E-state index contributed by atoms with van der Waals surface area (Å²) in [4.78, 5) is 8.56. The molecule has 0 aromatic carbocycles. The zero-order valence-electron chi connectivity index (χ0n) is 2.30. The van der Waals surface area contributed by atoms with Crippen molar-refractivity contribution < 1.29 is 40.9 Å². The van der Waals surface area contributed by atoms with E-state index in [2.05, 4.69) is 0 Å². The summed E-state index contributed by atoms with van der Waals surface area (Å²) in [6, 6.07) is 0. The summed E-state index contributed by atoms with van der Waals surface area (Å²) < 4.78 is 0. The Kier molecular flexibility index (Phi) is 85.3. The molecule has 0 aliphatic heterocycles. The van der Waals surface area contributed by atoms with Gasteiger partial charge < -0.3 is 10.2 Å². The van der Waals surface area contributed by atoms with Gasteiger partial charge in [0, 0.05) is 25.8 Å². The van der Waals surface area contributed by atoms with Crippen LogP contribution in [0.4, 0.5) is 4.79 Å². The van der Waals surface area contributed by atoms with Crippen LogP contribution in [0.2, 0.25) is 0 Å². The van der Waals surface area contributed by atoms with E-state index in [0.29, 0.717) is 0 Å². The Bertz CT molecular complexity index is 37.5. The van der Waals surface area contributed by atoms with Crippen molar-refractivity contribution >= 4 is 94.8 Å². The van der Waals surface area contributed by atoms with Crippen molar-refractivity contribution in [2.45, 2.75) is 0 Å². The topological polar surface area (TPSA) is 57.5 Å². The van der Waals surface area contributed by atoms with Gasteiger partial charge in [0.2, 0.25) is 0 Å². The van der Waals surface area contributed by atoms with Crippen LogP contribution < -0.4 is 0 Å². The van der Waals surface area contributed by atoms with Crippen LogP contribution in [0.3, 0.4) is 0 Å². The molecule has 3 nitrogen and oxygen atoms in total. The second-order valence-corrected chi connectivity index (χ2v) is 0.283. The van der Waals surface area contributed by atoms with E-state index in [4.69, 9.17) is 15.0 Å². The van der Waals surface area contributed by atoms with Gasteiger partial charge in [-0.1, -0.05) is 0 Å². The van der Waals surface area contributed by atoms with Crippen LogP contribution in [0, 0.1) is 0 Å². The fourth-order valence-corrected chi connectivity index (χ4v) is 0. The number of rotatable bonds is 0. The Labute approximate surface area is 133 Å². The Balaban J connectivity index is -0.00000000750. The van der Waals surface area contributed by atoms with E-state index in [-0.39, 0.29) is 115 Å². The molecule has 2 N–H and O–H groups in total. The quantitative estimate of drug-likeness (QED) is 0.523. The third-order valence-electron chi connectivity index (χ3n) is 0. The van der Waals surface area contributed by atoms with Crippen LogP contribution in [0.15, 0.2) is 0 Å². The number of hydrogen-bond acceptors (Lipinski definition) is 1. The van der Waals surface area contributed by atoms with Gasteiger partial charge in [0.25, 0.3) is 0 Å². The molecule has 0 atom stereocenters. The second kappa shape index (κ2) is 22.5. The molecule has 0 unspecified atom stereocenters. The average molecular weight is 313 g/mol. The van der Waals surface area contributed by atoms with E-state index >= 15 is 0 Å². The molecule has 8 heavy (non-hydrogen) atoms. The first-order valence-corrected chi connectivity index (χ1v) is 0.651. The molecule has 7 heteroatoms. The van der Waals surface area contributed by atoms with Crippen LogP contribution in [-0.4, -0.2) is 105 Å². The van der Waals surface area contributed by atoms with Gasteiger partial charge in [-0.25, -0.2) is 4.79 Å². The summed E-state index contributed by atoms with van der Waals surface area (Å²) in [5.41, 5.74) is 0. The molecule has 0 saturated heterocycles. The van der Waals surface area contributed by atoms with Gasteiger partial charge in [-0.15, -0.1) is 0 Å². The van der Waals surface area contributed by atoms with Crippen molar-refractivity contribution in [1.82, 2.24) is 0 Å². The van der Waals surface area contributed by atoms with Crippen molar-refractivity contribution in [3.05, 3.63) is 0 Å². The monoisotopic (exact) mass is 314 g/mol. The molecule has 0 aromatic heterocycles. The fraction of sp³-hybridized carbons (Fsp3) is 0. The average Bonchev–Trinajstić information content (AvgIpc) is 0.811. The molecule has 34 valence electrons. The number of carboxylic acid groups (broad SMARTS) is 2. The van der Waals surface area contributed by atoms with Gasteiger partial charge in [-0.05, 0) is 0 Å². The first-order valence-electron chi connectivity index (χ1n) is 0.651. The predicted octanol–water partition coefficient (Wildman–Crippen LogP) is -1.73. The van der Waals surface area contributed by atoms with Gasteiger partial charge in [-0.2, -0.15) is 0 Å². The van der Waals surface area contributed by atoms with E-state index in [9.17, 15) is 0 Å². The Morgan fingerprint density at radius 1 is 1.00 bits per heavy atom. The van der Waals surface area contributed by atoms with E-state index in [0.717, 1.165) is 0 Å². The van der Waals surface area contributed by atoms with Crippen LogP contribution in [0.25, 0.3) is 0 Å². The molecule has 0 radical (unpaired) electrons. The molecule has 0 heterocycles. The van der Waals surface area contributed by atoms with Gasteiger partial charge in [0.15, 0.2) is 0 Å². The maximum atomic E-state index is 8.56. The van der Waals surface area contributed by atoms with E-state index in [1.165, 1.54) is 0 Å². The summed E-state index contributed by atoms with van der Waals surface area (Å²) in [6.07, 6.45) is -1.83. The molecule has 0 spiro atoms. The summed E-state index contributed by atoms with van der Waals surface area (Å²) in [6.45, 7) is 0.